The van der Waals surface area contributed by atoms with Crippen LogP contribution in [0.1, 0.15) is 22.6 Å². The predicted molar refractivity (Wildman–Crippen MR) is 99.3 cm³/mol. The van der Waals surface area contributed by atoms with Gasteiger partial charge >= 0.3 is 0 Å². The molecule has 0 N–H and O–H groups in total. The number of anilines is 1. The number of amides is 1. The Hall–Kier alpha value is -2.48. The summed E-state index contributed by atoms with van der Waals surface area (Å²) < 4.78 is 1.76. The minimum absolute atomic E-state index is 0.0437. The number of aromatic nitrogens is 4. The van der Waals surface area contributed by atoms with E-state index in [1.165, 1.54) is 16.8 Å². The molecule has 2 aliphatic heterocycles. The summed E-state index contributed by atoms with van der Waals surface area (Å²) in [4.78, 5) is 27.3. The maximum Gasteiger partial charge on any atom is 0.254 e. The van der Waals surface area contributed by atoms with Crippen molar-refractivity contribution in [2.24, 2.45) is 5.92 Å². The lowest BCUT2D eigenvalue weighted by Crippen LogP contribution is -2.40. The van der Waals surface area contributed by atoms with E-state index in [-0.39, 0.29) is 11.8 Å². The van der Waals surface area contributed by atoms with Gasteiger partial charge in [-0.2, -0.15) is 14.6 Å². The maximum atomic E-state index is 13.0. The van der Waals surface area contributed by atoms with Crippen molar-refractivity contribution in [2.45, 2.75) is 26.3 Å². The first-order chi connectivity index (χ1) is 12.7. The van der Waals surface area contributed by atoms with Gasteiger partial charge in [0.1, 0.15) is 12.1 Å². The SMILES string of the molecule is Cc1cc(N2CCC(C(=O)N3CCc4sccc4C3)C2)n2ncnc2n1. The Bertz CT molecular complexity index is 979. The van der Waals surface area contributed by atoms with Crippen LogP contribution in [0.5, 0.6) is 0 Å². The van der Waals surface area contributed by atoms with Crippen molar-refractivity contribution in [1.29, 1.82) is 0 Å². The van der Waals surface area contributed by atoms with Gasteiger partial charge in [0.15, 0.2) is 0 Å². The van der Waals surface area contributed by atoms with Gasteiger partial charge in [0.05, 0.1) is 5.92 Å². The van der Waals surface area contributed by atoms with Gasteiger partial charge in [-0.3, -0.25) is 4.79 Å². The van der Waals surface area contributed by atoms with E-state index in [1.54, 1.807) is 15.9 Å². The Morgan fingerprint density at radius 3 is 3.19 bits per heavy atom. The number of hydrogen-bond acceptors (Lipinski definition) is 6. The molecule has 3 aromatic heterocycles. The standard InChI is InChI=1S/C18H20N6OS/c1-12-8-16(24-18(21-12)19-11-20-24)22-5-2-14(10-22)17(25)23-6-3-15-13(9-23)4-7-26-15/h4,7-8,11,14H,2-3,5-6,9-10H2,1H3. The third-order valence-electron chi connectivity index (χ3n) is 5.34. The van der Waals surface area contributed by atoms with E-state index in [0.29, 0.717) is 5.78 Å². The van der Waals surface area contributed by atoms with E-state index in [1.807, 2.05) is 17.9 Å². The molecule has 2 aliphatic rings. The quantitative estimate of drug-likeness (QED) is 0.691. The molecular weight excluding hydrogens is 348 g/mol. The van der Waals surface area contributed by atoms with Gasteiger partial charge in [0, 0.05) is 42.8 Å². The predicted octanol–water partition coefficient (Wildman–Crippen LogP) is 1.91. The summed E-state index contributed by atoms with van der Waals surface area (Å²) in [6.07, 6.45) is 3.39. The average molecular weight is 368 g/mol. The van der Waals surface area contributed by atoms with Crippen LogP contribution in [0.15, 0.2) is 23.8 Å². The molecule has 0 aromatic carbocycles. The summed E-state index contributed by atoms with van der Waals surface area (Å²) >= 11 is 1.80. The number of rotatable bonds is 2. The fourth-order valence-electron chi connectivity index (χ4n) is 4.00. The van der Waals surface area contributed by atoms with Crippen molar-refractivity contribution in [1.82, 2.24) is 24.5 Å². The first-order valence-corrected chi connectivity index (χ1v) is 9.83. The molecule has 3 aromatic rings. The Balaban J connectivity index is 1.34. The highest BCUT2D eigenvalue weighted by atomic mass is 32.1. The molecule has 26 heavy (non-hydrogen) atoms. The van der Waals surface area contributed by atoms with Crippen molar-refractivity contribution in [2.75, 3.05) is 24.5 Å². The van der Waals surface area contributed by atoms with Crippen LogP contribution in [0.2, 0.25) is 0 Å². The second-order valence-corrected chi connectivity index (χ2v) is 8.04. The molecule has 0 aliphatic carbocycles. The lowest BCUT2D eigenvalue weighted by Gasteiger charge is -2.29. The van der Waals surface area contributed by atoms with Crippen molar-refractivity contribution in [3.05, 3.63) is 40.0 Å². The summed E-state index contributed by atoms with van der Waals surface area (Å²) in [7, 11) is 0. The number of hydrogen-bond donors (Lipinski definition) is 0. The molecule has 134 valence electrons. The van der Waals surface area contributed by atoms with Crippen molar-refractivity contribution < 1.29 is 4.79 Å². The lowest BCUT2D eigenvalue weighted by atomic mass is 10.0. The summed E-state index contributed by atoms with van der Waals surface area (Å²) in [5.41, 5.74) is 2.23. The second-order valence-electron chi connectivity index (χ2n) is 7.04. The monoisotopic (exact) mass is 368 g/mol. The van der Waals surface area contributed by atoms with Crippen molar-refractivity contribution in [3.8, 4) is 0 Å². The van der Waals surface area contributed by atoms with Gasteiger partial charge < -0.3 is 9.80 Å². The summed E-state index contributed by atoms with van der Waals surface area (Å²) in [5.74, 6) is 1.90. The van der Waals surface area contributed by atoms with E-state index in [0.717, 1.165) is 50.5 Å². The maximum absolute atomic E-state index is 13.0. The van der Waals surface area contributed by atoms with Crippen LogP contribution < -0.4 is 4.90 Å². The zero-order chi connectivity index (χ0) is 17.7. The van der Waals surface area contributed by atoms with Gasteiger partial charge in [-0.1, -0.05) is 0 Å². The summed E-state index contributed by atoms with van der Waals surface area (Å²) in [6, 6.07) is 4.18. The number of nitrogens with zero attached hydrogens (tertiary/aromatic N) is 6. The van der Waals surface area contributed by atoms with Gasteiger partial charge in [-0.15, -0.1) is 11.3 Å². The van der Waals surface area contributed by atoms with Gasteiger partial charge in [-0.25, -0.2) is 4.98 Å². The van der Waals surface area contributed by atoms with Gasteiger partial charge in [-0.05, 0) is 36.8 Å². The third kappa shape index (κ3) is 2.56. The number of aryl methyl sites for hydroxylation is 1. The number of carbonyl (C=O) groups excluding carboxylic acids is 1. The molecular formula is C18H20N6OS. The van der Waals surface area contributed by atoms with Crippen molar-refractivity contribution in [3.63, 3.8) is 0 Å². The second kappa shape index (κ2) is 6.05. The zero-order valence-electron chi connectivity index (χ0n) is 14.6. The van der Waals surface area contributed by atoms with E-state index < -0.39 is 0 Å². The van der Waals surface area contributed by atoms with Crippen LogP contribution in [0, 0.1) is 12.8 Å². The Morgan fingerprint density at radius 1 is 1.35 bits per heavy atom. The Morgan fingerprint density at radius 2 is 2.27 bits per heavy atom. The zero-order valence-corrected chi connectivity index (χ0v) is 15.4. The molecule has 0 spiro atoms. The van der Waals surface area contributed by atoms with E-state index in [4.69, 9.17) is 0 Å². The van der Waals surface area contributed by atoms with E-state index >= 15 is 0 Å². The Kier molecular flexibility index (Phi) is 3.66. The summed E-state index contributed by atoms with van der Waals surface area (Å²) in [5, 5.41) is 6.42. The normalized spacial score (nSPS) is 20.0. The molecule has 7 nitrogen and oxygen atoms in total. The van der Waals surface area contributed by atoms with Gasteiger partial charge in [0.2, 0.25) is 5.91 Å². The number of thiophene rings is 1. The lowest BCUT2D eigenvalue weighted by molar-refractivity contribution is -0.135. The largest absolute Gasteiger partial charge is 0.356 e. The molecule has 5 rings (SSSR count). The summed E-state index contributed by atoms with van der Waals surface area (Å²) in [6.45, 7) is 5.14. The molecule has 1 atom stereocenters. The van der Waals surface area contributed by atoms with E-state index in [2.05, 4.69) is 31.4 Å². The average Bonchev–Trinajstić information content (AvgIpc) is 3.38. The molecule has 5 heterocycles. The highest BCUT2D eigenvalue weighted by Gasteiger charge is 2.34. The van der Waals surface area contributed by atoms with Crippen LogP contribution >= 0.6 is 11.3 Å². The molecule has 1 saturated heterocycles. The van der Waals surface area contributed by atoms with Crippen LogP contribution in [0.25, 0.3) is 5.78 Å². The smallest absolute Gasteiger partial charge is 0.254 e. The first kappa shape index (κ1) is 15.7. The molecule has 1 fully saturated rings. The number of fused-ring (bicyclic) bond motifs is 2. The third-order valence-corrected chi connectivity index (χ3v) is 6.36. The Labute approximate surface area is 155 Å². The number of carbonyl (C=O) groups is 1. The van der Waals surface area contributed by atoms with Crippen molar-refractivity contribution >= 4 is 28.8 Å². The highest BCUT2D eigenvalue weighted by Crippen LogP contribution is 2.29. The molecule has 1 unspecified atom stereocenters. The fourth-order valence-corrected chi connectivity index (χ4v) is 4.89. The van der Waals surface area contributed by atoms with Crippen LogP contribution in [0.4, 0.5) is 5.82 Å². The molecule has 0 bridgehead atoms. The molecule has 8 heteroatoms. The highest BCUT2D eigenvalue weighted by molar-refractivity contribution is 7.10. The topological polar surface area (TPSA) is 66.6 Å². The van der Waals surface area contributed by atoms with E-state index in [9.17, 15) is 4.79 Å². The minimum Gasteiger partial charge on any atom is -0.356 e. The molecule has 0 saturated carbocycles. The fraction of sp³-hybridized carbons (Fsp3) is 0.444. The molecule has 1 amide bonds. The van der Waals surface area contributed by atoms with Gasteiger partial charge in [0.25, 0.3) is 5.78 Å². The van der Waals surface area contributed by atoms with Crippen LogP contribution in [-0.2, 0) is 17.8 Å². The van der Waals surface area contributed by atoms with Crippen LogP contribution in [-0.4, -0.2) is 50.0 Å². The van der Waals surface area contributed by atoms with Crippen LogP contribution in [0.3, 0.4) is 0 Å². The molecule has 0 radical (unpaired) electrons. The minimum atomic E-state index is 0.0437. The first-order valence-electron chi connectivity index (χ1n) is 8.95.